The molecule has 0 aliphatic heterocycles. The van der Waals surface area contributed by atoms with Crippen molar-refractivity contribution >= 4 is 34.8 Å². The van der Waals surface area contributed by atoms with Gasteiger partial charge in [0.05, 0.1) is 5.02 Å². The van der Waals surface area contributed by atoms with E-state index in [1.807, 2.05) is 24.3 Å². The molecular formula is C14H12Cl3NO. The smallest absolute Gasteiger partial charge is 0.142 e. The number of ether oxygens (including phenoxy) is 1. The van der Waals surface area contributed by atoms with E-state index in [0.29, 0.717) is 34.0 Å². The summed E-state index contributed by atoms with van der Waals surface area (Å²) in [5, 5.41) is 1.70. The highest BCUT2D eigenvalue weighted by Crippen LogP contribution is 2.32. The Balaban J connectivity index is 2.17. The van der Waals surface area contributed by atoms with Crippen molar-refractivity contribution in [3.8, 4) is 5.75 Å². The molecule has 0 saturated heterocycles. The van der Waals surface area contributed by atoms with Crippen LogP contribution < -0.4 is 10.5 Å². The third-order valence-electron chi connectivity index (χ3n) is 2.60. The van der Waals surface area contributed by atoms with E-state index in [4.69, 9.17) is 45.3 Å². The van der Waals surface area contributed by atoms with Crippen LogP contribution in [0.25, 0.3) is 0 Å². The van der Waals surface area contributed by atoms with Crippen LogP contribution in [0.5, 0.6) is 5.75 Å². The molecule has 0 aromatic heterocycles. The minimum absolute atomic E-state index is 0.316. The summed E-state index contributed by atoms with van der Waals surface area (Å²) in [5.74, 6) is 0.573. The van der Waals surface area contributed by atoms with Gasteiger partial charge < -0.3 is 10.5 Å². The van der Waals surface area contributed by atoms with Gasteiger partial charge in [-0.05, 0) is 29.8 Å². The second-order valence-corrected chi connectivity index (χ2v) is 5.28. The SMILES string of the molecule is NCc1cc(Cl)cc(Cl)c1OCc1ccc(Cl)cc1. The Kier molecular flexibility index (Phi) is 4.94. The van der Waals surface area contributed by atoms with Crippen LogP contribution in [0.2, 0.25) is 15.1 Å². The van der Waals surface area contributed by atoms with Crippen LogP contribution in [0.15, 0.2) is 36.4 Å². The first-order valence-corrected chi connectivity index (χ1v) is 6.79. The van der Waals surface area contributed by atoms with Gasteiger partial charge in [-0.2, -0.15) is 0 Å². The Morgan fingerprint density at radius 3 is 2.26 bits per heavy atom. The second-order valence-electron chi connectivity index (χ2n) is 4.00. The maximum absolute atomic E-state index is 6.12. The summed E-state index contributed by atoms with van der Waals surface area (Å²) in [6.07, 6.45) is 0. The zero-order valence-electron chi connectivity index (χ0n) is 10.00. The molecule has 2 nitrogen and oxygen atoms in total. The molecule has 0 aliphatic carbocycles. The van der Waals surface area contributed by atoms with Crippen molar-refractivity contribution < 1.29 is 4.74 Å². The molecular weight excluding hydrogens is 305 g/mol. The molecule has 0 heterocycles. The molecule has 19 heavy (non-hydrogen) atoms. The lowest BCUT2D eigenvalue weighted by molar-refractivity contribution is 0.303. The predicted molar refractivity (Wildman–Crippen MR) is 80.1 cm³/mol. The zero-order valence-corrected chi connectivity index (χ0v) is 12.3. The fourth-order valence-electron chi connectivity index (χ4n) is 1.66. The molecule has 2 aromatic carbocycles. The first kappa shape index (κ1) is 14.5. The van der Waals surface area contributed by atoms with Gasteiger partial charge in [0.25, 0.3) is 0 Å². The third-order valence-corrected chi connectivity index (χ3v) is 3.35. The Morgan fingerprint density at radius 1 is 0.947 bits per heavy atom. The minimum Gasteiger partial charge on any atom is -0.487 e. The highest BCUT2D eigenvalue weighted by molar-refractivity contribution is 6.35. The fraction of sp³-hybridized carbons (Fsp3) is 0.143. The highest BCUT2D eigenvalue weighted by Gasteiger charge is 2.10. The number of benzene rings is 2. The van der Waals surface area contributed by atoms with E-state index in [1.54, 1.807) is 12.1 Å². The molecule has 0 unspecified atom stereocenters. The summed E-state index contributed by atoms with van der Waals surface area (Å²) in [4.78, 5) is 0. The quantitative estimate of drug-likeness (QED) is 0.888. The average molecular weight is 317 g/mol. The maximum Gasteiger partial charge on any atom is 0.142 e. The highest BCUT2D eigenvalue weighted by atomic mass is 35.5. The van der Waals surface area contributed by atoms with Gasteiger partial charge >= 0.3 is 0 Å². The van der Waals surface area contributed by atoms with E-state index in [9.17, 15) is 0 Å². The molecule has 0 amide bonds. The van der Waals surface area contributed by atoms with Crippen molar-refractivity contribution in [2.24, 2.45) is 5.73 Å². The molecule has 0 bridgehead atoms. The van der Waals surface area contributed by atoms with Gasteiger partial charge in [0, 0.05) is 22.2 Å². The van der Waals surface area contributed by atoms with E-state index >= 15 is 0 Å². The maximum atomic E-state index is 6.12. The summed E-state index contributed by atoms with van der Waals surface area (Å²) in [5.41, 5.74) is 7.44. The molecule has 2 N–H and O–H groups in total. The van der Waals surface area contributed by atoms with Crippen LogP contribution in [-0.4, -0.2) is 0 Å². The second kappa shape index (κ2) is 6.49. The van der Waals surface area contributed by atoms with Crippen LogP contribution in [0, 0.1) is 0 Å². The molecule has 2 rings (SSSR count). The van der Waals surface area contributed by atoms with Gasteiger partial charge in [-0.15, -0.1) is 0 Å². The van der Waals surface area contributed by atoms with E-state index in [0.717, 1.165) is 11.1 Å². The first-order valence-electron chi connectivity index (χ1n) is 5.65. The Morgan fingerprint density at radius 2 is 1.63 bits per heavy atom. The summed E-state index contributed by atoms with van der Waals surface area (Å²) in [6.45, 7) is 0.710. The van der Waals surface area contributed by atoms with Crippen LogP contribution in [0.1, 0.15) is 11.1 Å². The lowest BCUT2D eigenvalue weighted by Crippen LogP contribution is -2.03. The van der Waals surface area contributed by atoms with Crippen molar-refractivity contribution in [1.29, 1.82) is 0 Å². The zero-order chi connectivity index (χ0) is 13.8. The number of halogens is 3. The minimum atomic E-state index is 0.316. The van der Waals surface area contributed by atoms with Crippen LogP contribution in [0.3, 0.4) is 0 Å². The number of nitrogens with two attached hydrogens (primary N) is 1. The molecule has 100 valence electrons. The van der Waals surface area contributed by atoms with Gasteiger partial charge in [0.15, 0.2) is 0 Å². The lowest BCUT2D eigenvalue weighted by Gasteiger charge is -2.13. The van der Waals surface area contributed by atoms with Crippen molar-refractivity contribution in [2.45, 2.75) is 13.2 Å². The van der Waals surface area contributed by atoms with E-state index in [2.05, 4.69) is 0 Å². The van der Waals surface area contributed by atoms with E-state index < -0.39 is 0 Å². The Hall–Kier alpha value is -0.930. The van der Waals surface area contributed by atoms with Crippen LogP contribution in [0.4, 0.5) is 0 Å². The van der Waals surface area contributed by atoms with Gasteiger partial charge in [-0.3, -0.25) is 0 Å². The van der Waals surface area contributed by atoms with Crippen molar-refractivity contribution in [3.63, 3.8) is 0 Å². The van der Waals surface area contributed by atoms with Gasteiger partial charge in [0.1, 0.15) is 12.4 Å². The van der Waals surface area contributed by atoms with Crippen molar-refractivity contribution in [3.05, 3.63) is 62.6 Å². The lowest BCUT2D eigenvalue weighted by atomic mass is 10.2. The molecule has 2 aromatic rings. The summed E-state index contributed by atoms with van der Waals surface area (Å²) in [7, 11) is 0. The third kappa shape index (κ3) is 3.77. The Labute approximate surface area is 127 Å². The molecule has 0 radical (unpaired) electrons. The summed E-state index contributed by atoms with van der Waals surface area (Å²) >= 11 is 17.9. The van der Waals surface area contributed by atoms with Crippen molar-refractivity contribution in [1.82, 2.24) is 0 Å². The average Bonchev–Trinajstić information content (AvgIpc) is 2.39. The molecule has 5 heteroatoms. The summed E-state index contributed by atoms with van der Waals surface area (Å²) < 4.78 is 5.73. The van der Waals surface area contributed by atoms with Crippen molar-refractivity contribution in [2.75, 3.05) is 0 Å². The van der Waals surface area contributed by atoms with Crippen LogP contribution >= 0.6 is 34.8 Å². The largest absolute Gasteiger partial charge is 0.487 e. The molecule has 0 spiro atoms. The number of rotatable bonds is 4. The molecule has 0 atom stereocenters. The standard InChI is InChI=1S/C14H12Cl3NO/c15-11-3-1-9(2-4-11)8-19-14-10(7-18)5-12(16)6-13(14)17/h1-6H,7-8,18H2. The van der Waals surface area contributed by atoms with Crippen LogP contribution in [-0.2, 0) is 13.2 Å². The number of hydrogen-bond acceptors (Lipinski definition) is 2. The number of hydrogen-bond donors (Lipinski definition) is 1. The Bertz CT molecular complexity index is 570. The topological polar surface area (TPSA) is 35.2 Å². The normalized spacial score (nSPS) is 10.5. The molecule has 0 fully saturated rings. The van der Waals surface area contributed by atoms with Gasteiger partial charge in [-0.1, -0.05) is 46.9 Å². The van der Waals surface area contributed by atoms with Gasteiger partial charge in [0.2, 0.25) is 0 Å². The van der Waals surface area contributed by atoms with E-state index in [1.165, 1.54) is 0 Å². The molecule has 0 saturated carbocycles. The van der Waals surface area contributed by atoms with E-state index in [-0.39, 0.29) is 0 Å². The first-order chi connectivity index (χ1) is 9.10. The predicted octanol–water partition coefficient (Wildman–Crippen LogP) is 4.68. The monoisotopic (exact) mass is 315 g/mol. The summed E-state index contributed by atoms with van der Waals surface area (Å²) in [6, 6.07) is 10.8. The molecule has 0 aliphatic rings. The van der Waals surface area contributed by atoms with Gasteiger partial charge in [-0.25, -0.2) is 0 Å². The fourth-order valence-corrected chi connectivity index (χ4v) is 2.38.